The lowest BCUT2D eigenvalue weighted by atomic mass is 9.80. The standard InChI is InChI=1S/C23H30N2O6/c1-13-18(21(27)24-12-17(26)31-23(3,4)5)20(15-9-8-10-16(11-15)29-6)19(14(2)25-13)22(28)30-7/h8-11,20,25H,12H2,1-7H3,(H,24,27). The summed E-state index contributed by atoms with van der Waals surface area (Å²) in [6, 6.07) is 7.13. The van der Waals surface area contributed by atoms with Gasteiger partial charge in [0, 0.05) is 17.0 Å². The van der Waals surface area contributed by atoms with Gasteiger partial charge in [-0.25, -0.2) is 4.79 Å². The molecule has 0 bridgehead atoms. The predicted molar refractivity (Wildman–Crippen MR) is 115 cm³/mol. The van der Waals surface area contributed by atoms with Gasteiger partial charge in [-0.2, -0.15) is 0 Å². The highest BCUT2D eigenvalue weighted by atomic mass is 16.6. The summed E-state index contributed by atoms with van der Waals surface area (Å²) < 4.78 is 15.6. The SMILES string of the molecule is COC(=O)C1=C(C)NC(C)=C(C(=O)NCC(=O)OC(C)(C)C)C1c1cccc(OC)c1. The Morgan fingerprint density at radius 1 is 1.06 bits per heavy atom. The summed E-state index contributed by atoms with van der Waals surface area (Å²) >= 11 is 0. The Kier molecular flexibility index (Phi) is 7.49. The van der Waals surface area contributed by atoms with Gasteiger partial charge in [0.15, 0.2) is 0 Å². The topological polar surface area (TPSA) is 103 Å². The number of carbonyl (C=O) groups is 3. The number of ether oxygens (including phenoxy) is 3. The number of methoxy groups -OCH3 is 2. The molecule has 0 radical (unpaired) electrons. The predicted octanol–water partition coefficient (Wildman–Crippen LogP) is 2.56. The van der Waals surface area contributed by atoms with Gasteiger partial charge in [0.05, 0.1) is 25.7 Å². The number of hydrogen-bond acceptors (Lipinski definition) is 7. The zero-order valence-electron chi connectivity index (χ0n) is 19.0. The summed E-state index contributed by atoms with van der Waals surface area (Å²) in [5.41, 5.74) is 1.79. The van der Waals surface area contributed by atoms with Gasteiger partial charge in [0.1, 0.15) is 17.9 Å². The largest absolute Gasteiger partial charge is 0.497 e. The second-order valence-corrected chi connectivity index (χ2v) is 8.17. The van der Waals surface area contributed by atoms with Gasteiger partial charge < -0.3 is 24.8 Å². The monoisotopic (exact) mass is 430 g/mol. The van der Waals surface area contributed by atoms with Crippen LogP contribution in [0.1, 0.15) is 46.1 Å². The second kappa shape index (κ2) is 9.68. The minimum absolute atomic E-state index is 0.298. The van der Waals surface area contributed by atoms with Crippen LogP contribution in [0.2, 0.25) is 0 Å². The molecule has 1 aliphatic rings. The van der Waals surface area contributed by atoms with Crippen LogP contribution in [0.3, 0.4) is 0 Å². The van der Waals surface area contributed by atoms with Crippen molar-refractivity contribution in [1.29, 1.82) is 0 Å². The molecule has 0 spiro atoms. The third kappa shape index (κ3) is 5.87. The lowest BCUT2D eigenvalue weighted by Gasteiger charge is -2.31. The van der Waals surface area contributed by atoms with E-state index in [1.165, 1.54) is 7.11 Å². The fourth-order valence-electron chi connectivity index (χ4n) is 3.46. The number of rotatable bonds is 6. The summed E-state index contributed by atoms with van der Waals surface area (Å²) in [5, 5.41) is 5.69. The van der Waals surface area contributed by atoms with Crippen molar-refractivity contribution in [2.24, 2.45) is 0 Å². The number of dihydropyridines is 1. The highest BCUT2D eigenvalue weighted by Crippen LogP contribution is 2.39. The average molecular weight is 431 g/mol. The Bertz CT molecular complexity index is 940. The molecule has 1 aromatic carbocycles. The maximum Gasteiger partial charge on any atom is 0.336 e. The number of carbonyl (C=O) groups excluding carboxylic acids is 3. The Morgan fingerprint density at radius 3 is 2.29 bits per heavy atom. The van der Waals surface area contributed by atoms with Crippen LogP contribution in [0.4, 0.5) is 0 Å². The molecule has 2 N–H and O–H groups in total. The van der Waals surface area contributed by atoms with E-state index >= 15 is 0 Å². The number of nitrogens with one attached hydrogen (secondary N) is 2. The Balaban J connectivity index is 2.44. The van der Waals surface area contributed by atoms with E-state index in [1.54, 1.807) is 59.9 Å². The molecule has 0 aliphatic carbocycles. The Morgan fingerprint density at radius 2 is 1.71 bits per heavy atom. The van der Waals surface area contributed by atoms with Crippen molar-refractivity contribution in [3.63, 3.8) is 0 Å². The van der Waals surface area contributed by atoms with Crippen LogP contribution < -0.4 is 15.4 Å². The van der Waals surface area contributed by atoms with Crippen molar-refractivity contribution in [3.05, 3.63) is 52.4 Å². The van der Waals surface area contributed by atoms with Gasteiger partial charge in [-0.15, -0.1) is 0 Å². The third-order valence-electron chi connectivity index (χ3n) is 4.65. The molecule has 0 aromatic heterocycles. The number of hydrogen-bond donors (Lipinski definition) is 2. The molecular weight excluding hydrogens is 400 g/mol. The van der Waals surface area contributed by atoms with Crippen LogP contribution in [-0.2, 0) is 23.9 Å². The van der Waals surface area contributed by atoms with Crippen LogP contribution in [0.15, 0.2) is 46.8 Å². The summed E-state index contributed by atoms with van der Waals surface area (Å²) in [4.78, 5) is 37.9. The minimum atomic E-state index is -0.706. The first kappa shape index (κ1) is 24.0. The van der Waals surface area contributed by atoms with E-state index in [1.807, 2.05) is 6.07 Å². The van der Waals surface area contributed by atoms with Crippen LogP contribution in [0, 0.1) is 0 Å². The molecule has 8 heteroatoms. The zero-order chi connectivity index (χ0) is 23.3. The molecule has 168 valence electrons. The van der Waals surface area contributed by atoms with Crippen molar-refractivity contribution in [1.82, 2.24) is 10.6 Å². The highest BCUT2D eigenvalue weighted by molar-refractivity contribution is 6.02. The smallest absolute Gasteiger partial charge is 0.336 e. The van der Waals surface area contributed by atoms with Crippen molar-refractivity contribution in [2.75, 3.05) is 20.8 Å². The van der Waals surface area contributed by atoms with Gasteiger partial charge in [-0.05, 0) is 52.3 Å². The summed E-state index contributed by atoms with van der Waals surface area (Å²) in [5.74, 6) is -1.72. The van der Waals surface area contributed by atoms with Crippen LogP contribution in [0.25, 0.3) is 0 Å². The molecular formula is C23H30N2O6. The van der Waals surface area contributed by atoms with E-state index in [-0.39, 0.29) is 6.54 Å². The van der Waals surface area contributed by atoms with Gasteiger partial charge in [-0.1, -0.05) is 12.1 Å². The number of amides is 1. The van der Waals surface area contributed by atoms with Gasteiger partial charge in [0.2, 0.25) is 5.91 Å². The quantitative estimate of drug-likeness (QED) is 0.669. The molecule has 0 saturated carbocycles. The van der Waals surface area contributed by atoms with Crippen molar-refractivity contribution in [3.8, 4) is 5.75 Å². The number of benzene rings is 1. The first-order valence-corrected chi connectivity index (χ1v) is 9.89. The van der Waals surface area contributed by atoms with Crippen molar-refractivity contribution >= 4 is 17.8 Å². The van der Waals surface area contributed by atoms with Gasteiger partial charge >= 0.3 is 11.9 Å². The van der Waals surface area contributed by atoms with Gasteiger partial charge in [-0.3, -0.25) is 9.59 Å². The zero-order valence-corrected chi connectivity index (χ0v) is 19.0. The highest BCUT2D eigenvalue weighted by Gasteiger charge is 2.37. The van der Waals surface area contributed by atoms with Crippen molar-refractivity contribution < 1.29 is 28.6 Å². The van der Waals surface area contributed by atoms with Crippen LogP contribution in [-0.4, -0.2) is 44.2 Å². The lowest BCUT2D eigenvalue weighted by Crippen LogP contribution is -2.39. The molecule has 1 amide bonds. The van der Waals surface area contributed by atoms with Crippen molar-refractivity contribution in [2.45, 2.75) is 46.1 Å². The number of esters is 2. The van der Waals surface area contributed by atoms with Crippen LogP contribution >= 0.6 is 0 Å². The molecule has 31 heavy (non-hydrogen) atoms. The Hall–Kier alpha value is -3.29. The number of allylic oxidation sites excluding steroid dienone is 2. The van der Waals surface area contributed by atoms with E-state index in [2.05, 4.69) is 10.6 Å². The maximum absolute atomic E-state index is 13.2. The molecule has 1 aliphatic heterocycles. The van der Waals surface area contributed by atoms with E-state index < -0.39 is 29.4 Å². The summed E-state index contributed by atoms with van der Waals surface area (Å²) in [6.45, 7) is 8.44. The molecule has 0 saturated heterocycles. The van der Waals surface area contributed by atoms with Crippen LogP contribution in [0.5, 0.6) is 5.75 Å². The van der Waals surface area contributed by atoms with E-state index in [0.29, 0.717) is 33.9 Å². The summed E-state index contributed by atoms with van der Waals surface area (Å²) in [6.07, 6.45) is 0. The molecule has 1 unspecified atom stereocenters. The van der Waals surface area contributed by atoms with E-state index in [0.717, 1.165) is 0 Å². The molecule has 8 nitrogen and oxygen atoms in total. The lowest BCUT2D eigenvalue weighted by molar-refractivity contribution is -0.154. The van der Waals surface area contributed by atoms with Gasteiger partial charge in [0.25, 0.3) is 0 Å². The average Bonchev–Trinajstić information content (AvgIpc) is 2.69. The maximum atomic E-state index is 13.2. The van der Waals surface area contributed by atoms with E-state index in [4.69, 9.17) is 14.2 Å². The Labute approximate surface area is 182 Å². The summed E-state index contributed by atoms with van der Waals surface area (Å²) in [7, 11) is 2.83. The normalized spacial score (nSPS) is 16.4. The first-order chi connectivity index (χ1) is 14.5. The molecule has 1 atom stereocenters. The third-order valence-corrected chi connectivity index (χ3v) is 4.65. The molecule has 2 rings (SSSR count). The molecule has 0 fully saturated rings. The minimum Gasteiger partial charge on any atom is -0.497 e. The fraction of sp³-hybridized carbons (Fsp3) is 0.435. The molecule has 1 aromatic rings. The fourth-order valence-corrected chi connectivity index (χ4v) is 3.46. The van der Waals surface area contributed by atoms with E-state index in [9.17, 15) is 14.4 Å². The first-order valence-electron chi connectivity index (χ1n) is 9.89. The second-order valence-electron chi connectivity index (χ2n) is 8.17. The molecule has 1 heterocycles.